The predicted molar refractivity (Wildman–Crippen MR) is 74.5 cm³/mol. The Labute approximate surface area is 113 Å². The number of rotatable bonds is 6. The fraction of sp³-hybridized carbons (Fsp3) is 1.00. The molecule has 4 nitrogen and oxygen atoms in total. The Morgan fingerprint density at radius 1 is 1.29 bits per heavy atom. The van der Waals surface area contributed by atoms with Crippen LogP contribution in [-0.4, -0.2) is 37.2 Å². The summed E-state index contributed by atoms with van der Waals surface area (Å²) >= 11 is 3.62. The van der Waals surface area contributed by atoms with E-state index in [2.05, 4.69) is 20.7 Å². The van der Waals surface area contributed by atoms with Crippen molar-refractivity contribution in [1.82, 2.24) is 9.03 Å². The predicted octanol–water partition coefficient (Wildman–Crippen LogP) is 2.12. The summed E-state index contributed by atoms with van der Waals surface area (Å²) in [7, 11) is -3.27. The van der Waals surface area contributed by atoms with Gasteiger partial charge in [0.2, 0.25) is 0 Å². The quantitative estimate of drug-likeness (QED) is 0.760. The maximum atomic E-state index is 11.9. The van der Waals surface area contributed by atoms with Crippen LogP contribution in [0, 0.1) is 5.92 Å². The SMILES string of the molecule is CCN(CC)S(=O)(=O)NCC1CCCC(Br)C1. The van der Waals surface area contributed by atoms with Crippen LogP contribution in [0.3, 0.4) is 0 Å². The fourth-order valence-electron chi connectivity index (χ4n) is 2.29. The molecule has 0 aromatic heterocycles. The van der Waals surface area contributed by atoms with Gasteiger partial charge in [0.25, 0.3) is 10.2 Å². The van der Waals surface area contributed by atoms with Crippen LogP contribution < -0.4 is 4.72 Å². The summed E-state index contributed by atoms with van der Waals surface area (Å²) in [6, 6.07) is 0. The Morgan fingerprint density at radius 3 is 2.47 bits per heavy atom. The molecule has 2 unspecified atom stereocenters. The molecule has 0 amide bonds. The van der Waals surface area contributed by atoms with Crippen LogP contribution in [-0.2, 0) is 10.2 Å². The summed E-state index contributed by atoms with van der Waals surface area (Å²) in [5.41, 5.74) is 0. The van der Waals surface area contributed by atoms with E-state index in [1.807, 2.05) is 13.8 Å². The fourth-order valence-corrected chi connectivity index (χ4v) is 4.45. The maximum absolute atomic E-state index is 11.9. The van der Waals surface area contributed by atoms with Crippen molar-refractivity contribution >= 4 is 26.1 Å². The van der Waals surface area contributed by atoms with Crippen molar-refractivity contribution in [1.29, 1.82) is 0 Å². The summed E-state index contributed by atoms with van der Waals surface area (Å²) < 4.78 is 28.0. The average molecular weight is 327 g/mol. The molecule has 0 radical (unpaired) electrons. The summed E-state index contributed by atoms with van der Waals surface area (Å²) in [5.74, 6) is 0.471. The highest BCUT2D eigenvalue weighted by Gasteiger charge is 2.23. The zero-order valence-corrected chi connectivity index (χ0v) is 13.1. The van der Waals surface area contributed by atoms with Gasteiger partial charge in [0.1, 0.15) is 0 Å². The molecule has 17 heavy (non-hydrogen) atoms. The van der Waals surface area contributed by atoms with E-state index in [1.165, 1.54) is 17.1 Å². The second-order valence-corrected chi connectivity index (χ2v) is 7.62. The lowest BCUT2D eigenvalue weighted by Gasteiger charge is -2.27. The second-order valence-electron chi connectivity index (χ2n) is 4.57. The lowest BCUT2D eigenvalue weighted by Crippen LogP contribution is -2.42. The third-order valence-corrected chi connectivity index (χ3v) is 5.88. The minimum absolute atomic E-state index is 0.471. The van der Waals surface area contributed by atoms with Crippen molar-refractivity contribution in [2.45, 2.75) is 44.4 Å². The first kappa shape index (κ1) is 15.4. The first-order valence-electron chi connectivity index (χ1n) is 6.38. The first-order chi connectivity index (χ1) is 7.99. The Balaban J connectivity index is 2.43. The van der Waals surface area contributed by atoms with Crippen LogP contribution in [0.4, 0.5) is 0 Å². The van der Waals surface area contributed by atoms with Crippen molar-refractivity contribution in [3.8, 4) is 0 Å². The molecule has 2 atom stereocenters. The molecule has 0 aromatic carbocycles. The number of hydrogen-bond donors (Lipinski definition) is 1. The van der Waals surface area contributed by atoms with E-state index < -0.39 is 10.2 Å². The summed E-state index contributed by atoms with van der Waals surface area (Å²) in [5, 5.41) is 0. The lowest BCUT2D eigenvalue weighted by molar-refractivity contribution is 0.360. The highest BCUT2D eigenvalue weighted by molar-refractivity contribution is 9.09. The normalized spacial score (nSPS) is 26.4. The smallest absolute Gasteiger partial charge is 0.202 e. The highest BCUT2D eigenvalue weighted by atomic mass is 79.9. The Bertz CT molecular complexity index is 317. The summed E-state index contributed by atoms with van der Waals surface area (Å²) in [6.07, 6.45) is 4.59. The molecule has 0 bridgehead atoms. The molecule has 1 rings (SSSR count). The Kier molecular flexibility index (Phi) is 6.40. The van der Waals surface area contributed by atoms with Gasteiger partial charge >= 0.3 is 0 Å². The molecule has 0 aliphatic heterocycles. The first-order valence-corrected chi connectivity index (χ1v) is 8.74. The number of nitrogens with zero attached hydrogens (tertiary/aromatic N) is 1. The molecule has 1 N–H and O–H groups in total. The third-order valence-electron chi connectivity index (χ3n) is 3.32. The van der Waals surface area contributed by atoms with Crippen LogP contribution in [0.5, 0.6) is 0 Å². The zero-order chi connectivity index (χ0) is 12.9. The molecular weight excluding hydrogens is 304 g/mol. The van der Waals surface area contributed by atoms with Crippen molar-refractivity contribution in [3.05, 3.63) is 0 Å². The van der Waals surface area contributed by atoms with Gasteiger partial charge in [-0.1, -0.05) is 36.2 Å². The molecule has 1 aliphatic carbocycles. The number of alkyl halides is 1. The van der Waals surface area contributed by atoms with Crippen molar-refractivity contribution in [3.63, 3.8) is 0 Å². The molecular formula is C11H23BrN2O2S. The topological polar surface area (TPSA) is 49.4 Å². The molecule has 102 valence electrons. The van der Waals surface area contributed by atoms with Gasteiger partial charge in [-0.3, -0.25) is 0 Å². The van der Waals surface area contributed by atoms with E-state index in [4.69, 9.17) is 0 Å². The number of halogens is 1. The largest absolute Gasteiger partial charge is 0.279 e. The van der Waals surface area contributed by atoms with Crippen LogP contribution in [0.25, 0.3) is 0 Å². The number of hydrogen-bond acceptors (Lipinski definition) is 2. The van der Waals surface area contributed by atoms with Crippen molar-refractivity contribution in [2.24, 2.45) is 5.92 Å². The van der Waals surface area contributed by atoms with Crippen molar-refractivity contribution in [2.75, 3.05) is 19.6 Å². The van der Waals surface area contributed by atoms with Gasteiger partial charge in [0.15, 0.2) is 0 Å². The van der Waals surface area contributed by atoms with Gasteiger partial charge in [-0.2, -0.15) is 12.7 Å². The van der Waals surface area contributed by atoms with Crippen LogP contribution in [0.1, 0.15) is 39.5 Å². The van der Waals surface area contributed by atoms with Gasteiger partial charge in [0, 0.05) is 24.5 Å². The van der Waals surface area contributed by atoms with E-state index in [0.717, 1.165) is 12.8 Å². The van der Waals surface area contributed by atoms with Crippen molar-refractivity contribution < 1.29 is 8.42 Å². The minimum atomic E-state index is -3.27. The molecule has 0 heterocycles. The molecule has 6 heteroatoms. The highest BCUT2D eigenvalue weighted by Crippen LogP contribution is 2.28. The molecule has 1 fully saturated rings. The number of nitrogens with one attached hydrogen (secondary N) is 1. The van der Waals surface area contributed by atoms with E-state index in [-0.39, 0.29) is 0 Å². The van der Waals surface area contributed by atoms with Gasteiger partial charge in [0.05, 0.1) is 0 Å². The second kappa shape index (κ2) is 7.07. The molecule has 0 spiro atoms. The van der Waals surface area contributed by atoms with Gasteiger partial charge in [-0.25, -0.2) is 4.72 Å². The van der Waals surface area contributed by atoms with Crippen LogP contribution >= 0.6 is 15.9 Å². The van der Waals surface area contributed by atoms with Crippen LogP contribution in [0.15, 0.2) is 0 Å². The monoisotopic (exact) mass is 326 g/mol. The third kappa shape index (κ3) is 4.85. The van der Waals surface area contributed by atoms with Crippen LogP contribution in [0.2, 0.25) is 0 Å². The zero-order valence-electron chi connectivity index (χ0n) is 10.7. The average Bonchev–Trinajstić information content (AvgIpc) is 2.28. The van der Waals surface area contributed by atoms with E-state index in [1.54, 1.807) is 0 Å². The molecule has 0 aromatic rings. The Hall–Kier alpha value is 0.350. The standard InChI is InChI=1S/C11H23BrN2O2S/c1-3-14(4-2)17(15,16)13-9-10-6-5-7-11(12)8-10/h10-11,13H,3-9H2,1-2H3. The van der Waals surface area contributed by atoms with Gasteiger partial charge in [-0.05, 0) is 25.2 Å². The Morgan fingerprint density at radius 2 is 1.94 bits per heavy atom. The molecule has 1 saturated carbocycles. The van der Waals surface area contributed by atoms with Gasteiger partial charge in [-0.15, -0.1) is 0 Å². The molecule has 0 saturated heterocycles. The van der Waals surface area contributed by atoms with Gasteiger partial charge < -0.3 is 0 Å². The molecule has 1 aliphatic rings. The maximum Gasteiger partial charge on any atom is 0.279 e. The summed E-state index contributed by atoms with van der Waals surface area (Å²) in [6.45, 7) is 5.34. The van der Waals surface area contributed by atoms with E-state index in [0.29, 0.717) is 30.4 Å². The van der Waals surface area contributed by atoms with E-state index >= 15 is 0 Å². The summed E-state index contributed by atoms with van der Waals surface area (Å²) in [4.78, 5) is 0.555. The minimum Gasteiger partial charge on any atom is -0.202 e. The lowest BCUT2D eigenvalue weighted by atomic mass is 9.89. The van der Waals surface area contributed by atoms with E-state index in [9.17, 15) is 8.42 Å².